The molecule has 2 aromatic rings. The van der Waals surface area contributed by atoms with Crippen LogP contribution in [0.15, 0.2) is 18.3 Å². The van der Waals surface area contributed by atoms with Crippen LogP contribution in [0.2, 0.25) is 0 Å². The molecule has 1 aliphatic rings. The highest BCUT2D eigenvalue weighted by molar-refractivity contribution is 5.46. The third kappa shape index (κ3) is 3.05. The van der Waals surface area contributed by atoms with E-state index < -0.39 is 0 Å². The van der Waals surface area contributed by atoms with Gasteiger partial charge in [0.25, 0.3) is 0 Å². The van der Waals surface area contributed by atoms with Crippen molar-refractivity contribution in [1.82, 2.24) is 20.2 Å². The van der Waals surface area contributed by atoms with Crippen LogP contribution in [0.4, 0.5) is 11.8 Å². The maximum absolute atomic E-state index is 4.74. The lowest BCUT2D eigenvalue weighted by Crippen LogP contribution is -2.35. The molecule has 6 nitrogen and oxygen atoms in total. The molecule has 0 radical (unpaired) electrons. The number of nitrogens with one attached hydrogen (secondary N) is 1. The first-order chi connectivity index (χ1) is 10.7. The third-order valence-corrected chi connectivity index (χ3v) is 4.22. The number of anilines is 2. The molecule has 1 N–H and O–H groups in total. The number of piperidine rings is 1. The topological polar surface area (TPSA) is 60.9 Å². The van der Waals surface area contributed by atoms with E-state index in [0.29, 0.717) is 5.92 Å². The van der Waals surface area contributed by atoms with Crippen molar-refractivity contribution in [2.45, 2.75) is 32.1 Å². The zero-order valence-corrected chi connectivity index (χ0v) is 13.6. The summed E-state index contributed by atoms with van der Waals surface area (Å²) in [5.74, 6) is 2.33. The van der Waals surface area contributed by atoms with Crippen LogP contribution < -0.4 is 9.80 Å². The van der Waals surface area contributed by atoms with Gasteiger partial charge in [-0.3, -0.25) is 5.10 Å². The van der Waals surface area contributed by atoms with Crippen LogP contribution in [-0.2, 0) is 6.42 Å². The Morgan fingerprint density at radius 2 is 2.23 bits per heavy atom. The molecular formula is C16H24N6. The predicted molar refractivity (Wildman–Crippen MR) is 88.5 cm³/mol. The minimum atomic E-state index is 0.499. The average Bonchev–Trinajstić information content (AvgIpc) is 3.09. The fraction of sp³-hybridized carbons (Fsp3) is 0.562. The summed E-state index contributed by atoms with van der Waals surface area (Å²) in [7, 11) is 3.98. The van der Waals surface area contributed by atoms with Gasteiger partial charge in [-0.05, 0) is 25.3 Å². The van der Waals surface area contributed by atoms with Crippen molar-refractivity contribution in [3.8, 4) is 0 Å². The van der Waals surface area contributed by atoms with Crippen LogP contribution in [0, 0.1) is 0 Å². The van der Waals surface area contributed by atoms with Crippen LogP contribution in [0.25, 0.3) is 0 Å². The molecule has 3 heterocycles. The second kappa shape index (κ2) is 6.34. The molecule has 22 heavy (non-hydrogen) atoms. The van der Waals surface area contributed by atoms with E-state index in [0.717, 1.165) is 37.0 Å². The monoisotopic (exact) mass is 300 g/mol. The molecule has 0 aliphatic carbocycles. The molecular weight excluding hydrogens is 276 g/mol. The van der Waals surface area contributed by atoms with Gasteiger partial charge in [0, 0.05) is 56.8 Å². The summed E-state index contributed by atoms with van der Waals surface area (Å²) >= 11 is 0. The van der Waals surface area contributed by atoms with Crippen molar-refractivity contribution in [3.63, 3.8) is 0 Å². The molecule has 1 fully saturated rings. The fourth-order valence-electron chi connectivity index (χ4n) is 2.95. The Morgan fingerprint density at radius 1 is 1.36 bits per heavy atom. The Morgan fingerprint density at radius 3 is 2.91 bits per heavy atom. The first-order valence-electron chi connectivity index (χ1n) is 7.97. The van der Waals surface area contributed by atoms with Gasteiger partial charge in [-0.2, -0.15) is 10.1 Å². The van der Waals surface area contributed by atoms with Crippen molar-refractivity contribution in [2.24, 2.45) is 0 Å². The van der Waals surface area contributed by atoms with Crippen molar-refractivity contribution in [2.75, 3.05) is 37.0 Å². The van der Waals surface area contributed by atoms with Gasteiger partial charge in [-0.15, -0.1) is 0 Å². The summed E-state index contributed by atoms with van der Waals surface area (Å²) in [6.45, 7) is 4.17. The van der Waals surface area contributed by atoms with Crippen molar-refractivity contribution >= 4 is 11.8 Å². The largest absolute Gasteiger partial charge is 0.356 e. The molecule has 0 saturated carbocycles. The van der Waals surface area contributed by atoms with Crippen LogP contribution in [0.3, 0.4) is 0 Å². The Labute approximate surface area is 131 Å². The summed E-state index contributed by atoms with van der Waals surface area (Å²) in [5.41, 5.74) is 2.32. The van der Waals surface area contributed by atoms with Crippen LogP contribution in [-0.4, -0.2) is 47.4 Å². The maximum atomic E-state index is 4.74. The highest BCUT2D eigenvalue weighted by Crippen LogP contribution is 2.28. The van der Waals surface area contributed by atoms with Gasteiger partial charge in [0.2, 0.25) is 5.95 Å². The predicted octanol–water partition coefficient (Wildman–Crippen LogP) is 2.21. The maximum Gasteiger partial charge on any atom is 0.227 e. The second-order valence-electron chi connectivity index (χ2n) is 6.06. The lowest BCUT2D eigenvalue weighted by Gasteiger charge is -2.33. The van der Waals surface area contributed by atoms with Gasteiger partial charge in [-0.1, -0.05) is 6.92 Å². The molecule has 0 unspecified atom stereocenters. The summed E-state index contributed by atoms with van der Waals surface area (Å²) < 4.78 is 0. The van der Waals surface area contributed by atoms with Gasteiger partial charge >= 0.3 is 0 Å². The second-order valence-corrected chi connectivity index (χ2v) is 6.06. The van der Waals surface area contributed by atoms with E-state index >= 15 is 0 Å². The van der Waals surface area contributed by atoms with E-state index in [1.54, 1.807) is 0 Å². The normalized spacial score (nSPS) is 18.5. The van der Waals surface area contributed by atoms with E-state index in [1.165, 1.54) is 18.5 Å². The van der Waals surface area contributed by atoms with Gasteiger partial charge in [0.05, 0.1) is 0 Å². The standard InChI is InChI=1S/C16H24N6/c1-4-13-10-15(19-16(18-13)21(2)3)22-9-5-6-12(11-22)14-7-8-17-20-14/h7-8,10,12H,4-6,9,11H2,1-3H3,(H,17,20)/t12-/m0/s1. The summed E-state index contributed by atoms with van der Waals surface area (Å²) in [6.07, 6.45) is 5.13. The molecule has 118 valence electrons. The minimum absolute atomic E-state index is 0.499. The molecule has 1 saturated heterocycles. The number of H-pyrrole nitrogens is 1. The van der Waals surface area contributed by atoms with E-state index in [4.69, 9.17) is 4.98 Å². The van der Waals surface area contributed by atoms with Crippen LogP contribution in [0.1, 0.15) is 37.1 Å². The quantitative estimate of drug-likeness (QED) is 0.938. The van der Waals surface area contributed by atoms with Gasteiger partial charge in [0.15, 0.2) is 0 Å². The lowest BCUT2D eigenvalue weighted by atomic mass is 9.95. The number of aromatic nitrogens is 4. The highest BCUT2D eigenvalue weighted by Gasteiger charge is 2.24. The lowest BCUT2D eigenvalue weighted by molar-refractivity contribution is 0.497. The van der Waals surface area contributed by atoms with E-state index in [2.05, 4.69) is 39.1 Å². The zero-order chi connectivity index (χ0) is 15.5. The average molecular weight is 300 g/mol. The highest BCUT2D eigenvalue weighted by atomic mass is 15.3. The minimum Gasteiger partial charge on any atom is -0.356 e. The molecule has 0 spiro atoms. The number of aryl methyl sites for hydroxylation is 1. The number of hydrogen-bond acceptors (Lipinski definition) is 5. The molecule has 0 aromatic carbocycles. The fourth-order valence-corrected chi connectivity index (χ4v) is 2.95. The molecule has 3 rings (SSSR count). The summed E-state index contributed by atoms with van der Waals surface area (Å²) in [4.78, 5) is 13.7. The van der Waals surface area contributed by atoms with E-state index in [9.17, 15) is 0 Å². The first kappa shape index (κ1) is 14.8. The zero-order valence-electron chi connectivity index (χ0n) is 13.6. The number of aromatic amines is 1. The Balaban J connectivity index is 1.85. The van der Waals surface area contributed by atoms with E-state index in [1.807, 2.05) is 25.2 Å². The Bertz CT molecular complexity index is 607. The summed E-state index contributed by atoms with van der Waals surface area (Å²) in [5, 5.41) is 7.20. The molecule has 0 bridgehead atoms. The molecule has 2 aromatic heterocycles. The third-order valence-electron chi connectivity index (χ3n) is 4.22. The number of hydrogen-bond donors (Lipinski definition) is 1. The molecule has 1 atom stereocenters. The smallest absolute Gasteiger partial charge is 0.227 e. The number of rotatable bonds is 4. The Hall–Kier alpha value is -2.11. The van der Waals surface area contributed by atoms with Crippen molar-refractivity contribution in [3.05, 3.63) is 29.7 Å². The summed E-state index contributed by atoms with van der Waals surface area (Å²) in [6, 6.07) is 4.21. The molecule has 0 amide bonds. The van der Waals surface area contributed by atoms with Gasteiger partial charge in [-0.25, -0.2) is 4.98 Å². The first-order valence-corrected chi connectivity index (χ1v) is 7.97. The molecule has 1 aliphatic heterocycles. The van der Waals surface area contributed by atoms with Crippen LogP contribution in [0.5, 0.6) is 0 Å². The van der Waals surface area contributed by atoms with Crippen molar-refractivity contribution < 1.29 is 0 Å². The van der Waals surface area contributed by atoms with Crippen molar-refractivity contribution in [1.29, 1.82) is 0 Å². The van der Waals surface area contributed by atoms with Crippen LogP contribution >= 0.6 is 0 Å². The molecule has 6 heteroatoms. The van der Waals surface area contributed by atoms with Gasteiger partial charge in [0.1, 0.15) is 5.82 Å². The van der Waals surface area contributed by atoms with Gasteiger partial charge < -0.3 is 9.80 Å². The SMILES string of the molecule is CCc1cc(N2CCC[C@H](c3ccn[nH]3)C2)nc(N(C)C)n1. The van der Waals surface area contributed by atoms with E-state index in [-0.39, 0.29) is 0 Å². The Kier molecular flexibility index (Phi) is 4.27. The number of nitrogens with zero attached hydrogens (tertiary/aromatic N) is 5.